The van der Waals surface area contributed by atoms with E-state index < -0.39 is 0 Å². The molecule has 1 unspecified atom stereocenters. The van der Waals surface area contributed by atoms with E-state index in [1.54, 1.807) is 0 Å². The number of hydroxylamine groups is 1. The third-order valence-corrected chi connectivity index (χ3v) is 1.92. The summed E-state index contributed by atoms with van der Waals surface area (Å²) < 4.78 is 0. The quantitative estimate of drug-likeness (QED) is 0.629. The maximum Gasteiger partial charge on any atom is 0.0813 e. The van der Waals surface area contributed by atoms with Crippen molar-refractivity contribution in [3.63, 3.8) is 0 Å². The van der Waals surface area contributed by atoms with Gasteiger partial charge in [-0.25, -0.2) is 0 Å². The first kappa shape index (κ1) is 9.96. The van der Waals surface area contributed by atoms with Crippen molar-refractivity contribution in [1.82, 2.24) is 10.4 Å². The molecule has 0 aliphatic carbocycles. The first-order valence-corrected chi connectivity index (χ1v) is 4.59. The number of rotatable bonds is 2. The van der Waals surface area contributed by atoms with Crippen LogP contribution in [0.5, 0.6) is 0 Å². The Morgan fingerprint density at radius 3 is 2.50 bits per heavy atom. The molecule has 3 heteroatoms. The Balaban J connectivity index is 2.16. The molecule has 0 aromatic heterocycles. The smallest absolute Gasteiger partial charge is 0.0813 e. The Morgan fingerprint density at radius 2 is 2.08 bits per heavy atom. The average molecular weight is 172 g/mol. The summed E-state index contributed by atoms with van der Waals surface area (Å²) in [4.78, 5) is 7.79. The second kappa shape index (κ2) is 3.73. The fourth-order valence-corrected chi connectivity index (χ4v) is 1.29. The lowest BCUT2D eigenvalue weighted by molar-refractivity contribution is -0.0864. The minimum atomic E-state index is -0.0822. The van der Waals surface area contributed by atoms with Gasteiger partial charge in [0.25, 0.3) is 0 Å². The van der Waals surface area contributed by atoms with Crippen molar-refractivity contribution in [2.75, 3.05) is 20.1 Å². The van der Waals surface area contributed by atoms with E-state index in [-0.39, 0.29) is 5.60 Å². The number of hydrogen-bond donors (Lipinski definition) is 1. The molecule has 1 saturated heterocycles. The molecule has 12 heavy (non-hydrogen) atoms. The summed E-state index contributed by atoms with van der Waals surface area (Å²) in [5.41, 5.74) is 3.03. The predicted molar refractivity (Wildman–Crippen MR) is 49.9 cm³/mol. The predicted octanol–water partition coefficient (Wildman–Crippen LogP) is 1.01. The summed E-state index contributed by atoms with van der Waals surface area (Å²) in [6, 6.07) is 0.509. The van der Waals surface area contributed by atoms with Gasteiger partial charge < -0.3 is 4.90 Å². The summed E-state index contributed by atoms with van der Waals surface area (Å²) in [7, 11) is 2.14. The first-order chi connectivity index (χ1) is 5.47. The molecule has 0 spiro atoms. The maximum atomic E-state index is 5.48. The lowest BCUT2D eigenvalue weighted by atomic mass is 10.2. The van der Waals surface area contributed by atoms with Crippen LogP contribution in [0.3, 0.4) is 0 Å². The Labute approximate surface area is 75.0 Å². The normalized spacial score (nSPS) is 26.5. The minimum Gasteiger partial charge on any atom is -0.305 e. The van der Waals surface area contributed by atoms with Crippen molar-refractivity contribution in [2.45, 2.75) is 38.8 Å². The van der Waals surface area contributed by atoms with E-state index in [4.69, 9.17) is 4.84 Å². The summed E-state index contributed by atoms with van der Waals surface area (Å²) in [6.07, 6.45) is 1.19. The summed E-state index contributed by atoms with van der Waals surface area (Å²) in [5, 5.41) is 0. The number of hydrogen-bond acceptors (Lipinski definition) is 3. The van der Waals surface area contributed by atoms with Gasteiger partial charge >= 0.3 is 0 Å². The van der Waals surface area contributed by atoms with Crippen LogP contribution in [-0.4, -0.2) is 36.7 Å². The van der Waals surface area contributed by atoms with Crippen LogP contribution in [0.1, 0.15) is 27.2 Å². The fraction of sp³-hybridized carbons (Fsp3) is 1.00. The van der Waals surface area contributed by atoms with Crippen LogP contribution in [0.2, 0.25) is 0 Å². The van der Waals surface area contributed by atoms with E-state index in [2.05, 4.69) is 38.2 Å². The molecule has 0 bridgehead atoms. The van der Waals surface area contributed by atoms with Crippen LogP contribution in [0.4, 0.5) is 0 Å². The highest BCUT2D eigenvalue weighted by molar-refractivity contribution is 4.76. The Morgan fingerprint density at radius 1 is 1.42 bits per heavy atom. The molecule has 0 amide bonds. The van der Waals surface area contributed by atoms with E-state index in [1.807, 2.05) is 0 Å². The van der Waals surface area contributed by atoms with Crippen molar-refractivity contribution in [3.8, 4) is 0 Å². The topological polar surface area (TPSA) is 24.5 Å². The van der Waals surface area contributed by atoms with Gasteiger partial charge in [0.05, 0.1) is 5.60 Å². The Bertz CT molecular complexity index is 142. The highest BCUT2D eigenvalue weighted by Crippen LogP contribution is 2.09. The molecule has 0 radical (unpaired) electrons. The van der Waals surface area contributed by atoms with Crippen LogP contribution in [0.25, 0.3) is 0 Å². The number of likely N-dealkylation sites (N-methyl/N-ethyl adjacent to an activating group) is 1. The fourth-order valence-electron chi connectivity index (χ4n) is 1.29. The van der Waals surface area contributed by atoms with Gasteiger partial charge in [-0.15, -0.1) is 0 Å². The third-order valence-electron chi connectivity index (χ3n) is 1.92. The zero-order chi connectivity index (χ0) is 9.19. The zero-order valence-corrected chi connectivity index (χ0v) is 8.55. The molecular formula is C9H20N2O. The summed E-state index contributed by atoms with van der Waals surface area (Å²) in [6.45, 7) is 8.43. The van der Waals surface area contributed by atoms with Gasteiger partial charge in [-0.1, -0.05) is 0 Å². The molecule has 1 N–H and O–H groups in total. The zero-order valence-electron chi connectivity index (χ0n) is 8.55. The van der Waals surface area contributed by atoms with Gasteiger partial charge in [0, 0.05) is 12.6 Å². The molecule has 0 aromatic carbocycles. The molecule has 1 fully saturated rings. The van der Waals surface area contributed by atoms with Crippen LogP contribution in [0.15, 0.2) is 0 Å². The second-order valence-electron chi connectivity index (χ2n) is 4.58. The highest BCUT2D eigenvalue weighted by atomic mass is 16.7. The molecule has 1 aliphatic rings. The van der Waals surface area contributed by atoms with E-state index in [1.165, 1.54) is 13.0 Å². The van der Waals surface area contributed by atoms with Crippen LogP contribution in [-0.2, 0) is 4.84 Å². The third kappa shape index (κ3) is 3.52. The van der Waals surface area contributed by atoms with E-state index in [9.17, 15) is 0 Å². The molecule has 1 rings (SSSR count). The van der Waals surface area contributed by atoms with Crippen molar-refractivity contribution in [1.29, 1.82) is 0 Å². The Hall–Kier alpha value is -0.120. The Kier molecular flexibility index (Phi) is 3.09. The highest BCUT2D eigenvalue weighted by Gasteiger charge is 2.21. The standard InChI is InChI=1S/C9H20N2O/c1-9(2,3)12-10-8-5-6-11(4)7-8/h8,10H,5-7H2,1-4H3. The molecule has 0 saturated carbocycles. The summed E-state index contributed by atoms with van der Waals surface area (Å²) >= 11 is 0. The largest absolute Gasteiger partial charge is 0.305 e. The lowest BCUT2D eigenvalue weighted by Gasteiger charge is -2.22. The van der Waals surface area contributed by atoms with E-state index in [0.29, 0.717) is 6.04 Å². The first-order valence-electron chi connectivity index (χ1n) is 4.59. The SMILES string of the molecule is CN1CCC(NOC(C)(C)C)C1. The van der Waals surface area contributed by atoms with E-state index in [0.717, 1.165) is 6.54 Å². The molecule has 1 atom stereocenters. The second-order valence-corrected chi connectivity index (χ2v) is 4.58. The lowest BCUT2D eigenvalue weighted by Crippen LogP contribution is -2.37. The van der Waals surface area contributed by atoms with Gasteiger partial charge in [-0.3, -0.25) is 4.84 Å². The van der Waals surface area contributed by atoms with Crippen molar-refractivity contribution >= 4 is 0 Å². The molecule has 72 valence electrons. The van der Waals surface area contributed by atoms with Gasteiger partial charge in [-0.2, -0.15) is 5.48 Å². The van der Waals surface area contributed by atoms with Gasteiger partial charge in [0.15, 0.2) is 0 Å². The molecule has 1 heterocycles. The van der Waals surface area contributed by atoms with Crippen molar-refractivity contribution in [2.24, 2.45) is 0 Å². The average Bonchev–Trinajstić information content (AvgIpc) is 2.30. The van der Waals surface area contributed by atoms with Crippen LogP contribution >= 0.6 is 0 Å². The van der Waals surface area contributed by atoms with Crippen LogP contribution in [0, 0.1) is 0 Å². The molecule has 3 nitrogen and oxygen atoms in total. The number of nitrogens with zero attached hydrogens (tertiary/aromatic N) is 1. The maximum absolute atomic E-state index is 5.48. The van der Waals surface area contributed by atoms with Crippen molar-refractivity contribution in [3.05, 3.63) is 0 Å². The monoisotopic (exact) mass is 172 g/mol. The van der Waals surface area contributed by atoms with E-state index >= 15 is 0 Å². The molecule has 0 aromatic rings. The number of likely N-dealkylation sites (tertiary alicyclic amines) is 1. The van der Waals surface area contributed by atoms with Crippen LogP contribution < -0.4 is 5.48 Å². The molecular weight excluding hydrogens is 152 g/mol. The van der Waals surface area contributed by atoms with Gasteiger partial charge in [0.1, 0.15) is 0 Å². The minimum absolute atomic E-state index is 0.0822. The number of nitrogens with one attached hydrogen (secondary N) is 1. The van der Waals surface area contributed by atoms with Gasteiger partial charge in [0.2, 0.25) is 0 Å². The molecule has 1 aliphatic heterocycles. The van der Waals surface area contributed by atoms with Gasteiger partial charge in [-0.05, 0) is 40.8 Å². The summed E-state index contributed by atoms with van der Waals surface area (Å²) in [5.74, 6) is 0. The van der Waals surface area contributed by atoms with Crippen molar-refractivity contribution < 1.29 is 4.84 Å².